The van der Waals surface area contributed by atoms with Gasteiger partial charge in [0.2, 0.25) is 0 Å². The molecule has 0 saturated carbocycles. The fraction of sp³-hybridized carbons (Fsp3) is 0.533. The summed E-state index contributed by atoms with van der Waals surface area (Å²) in [5, 5.41) is 0. The van der Waals surface area contributed by atoms with Crippen molar-refractivity contribution in [2.45, 2.75) is 38.6 Å². The summed E-state index contributed by atoms with van der Waals surface area (Å²) < 4.78 is 10.2. The largest absolute Gasteiger partial charge is 0.491 e. The van der Waals surface area contributed by atoms with E-state index in [4.69, 9.17) is 10.5 Å². The normalized spacial score (nSPS) is 14.6. The highest BCUT2D eigenvalue weighted by Gasteiger charge is 2.30. The van der Waals surface area contributed by atoms with E-state index in [1.54, 1.807) is 6.92 Å². The van der Waals surface area contributed by atoms with Gasteiger partial charge in [0, 0.05) is 0 Å². The Morgan fingerprint density at radius 3 is 2.42 bits per heavy atom. The van der Waals surface area contributed by atoms with Crippen molar-refractivity contribution in [1.82, 2.24) is 0 Å². The van der Waals surface area contributed by atoms with Crippen LogP contribution in [-0.2, 0) is 14.9 Å². The summed E-state index contributed by atoms with van der Waals surface area (Å²) in [6.45, 7) is 8.06. The zero-order valence-electron chi connectivity index (χ0n) is 12.3. The van der Waals surface area contributed by atoms with E-state index < -0.39 is 11.5 Å². The molecule has 1 aromatic carbocycles. The van der Waals surface area contributed by atoms with Crippen molar-refractivity contribution >= 4 is 5.97 Å². The molecule has 19 heavy (non-hydrogen) atoms. The highest BCUT2D eigenvalue weighted by Crippen LogP contribution is 2.25. The monoisotopic (exact) mass is 265 g/mol. The highest BCUT2D eigenvalue weighted by molar-refractivity contribution is 5.80. The third-order valence-electron chi connectivity index (χ3n) is 2.89. The zero-order valence-corrected chi connectivity index (χ0v) is 12.3. The predicted octanol–water partition coefficient (Wildman–Crippen LogP) is 2.25. The van der Waals surface area contributed by atoms with Crippen LogP contribution in [0.5, 0.6) is 5.75 Å². The van der Waals surface area contributed by atoms with E-state index >= 15 is 0 Å². The second-order valence-corrected chi connectivity index (χ2v) is 5.98. The number of hydrogen-bond acceptors (Lipinski definition) is 4. The number of carbonyl (C=O) groups excluding carboxylic acids is 1. The summed E-state index contributed by atoms with van der Waals surface area (Å²) >= 11 is 0. The van der Waals surface area contributed by atoms with Crippen molar-refractivity contribution < 1.29 is 14.3 Å². The molecule has 0 bridgehead atoms. The molecule has 0 aromatic heterocycles. The third-order valence-corrected chi connectivity index (χ3v) is 2.89. The van der Waals surface area contributed by atoms with Gasteiger partial charge < -0.3 is 15.2 Å². The van der Waals surface area contributed by atoms with Crippen molar-refractivity contribution in [2.24, 2.45) is 5.73 Å². The van der Waals surface area contributed by atoms with E-state index in [1.165, 1.54) is 12.7 Å². The molecule has 1 atom stereocenters. The van der Waals surface area contributed by atoms with E-state index in [2.05, 4.69) is 31.6 Å². The Labute approximate surface area is 114 Å². The molecule has 0 amide bonds. The summed E-state index contributed by atoms with van der Waals surface area (Å²) in [5.74, 6) is 0.215. The molecule has 4 heteroatoms. The maximum atomic E-state index is 11.5. The van der Waals surface area contributed by atoms with E-state index in [1.807, 2.05) is 18.2 Å². The Hall–Kier alpha value is -1.55. The lowest BCUT2D eigenvalue weighted by molar-refractivity contribution is -0.147. The third kappa shape index (κ3) is 4.24. The van der Waals surface area contributed by atoms with Gasteiger partial charge in [-0.15, -0.1) is 0 Å². The molecule has 0 fully saturated rings. The molecule has 0 spiro atoms. The highest BCUT2D eigenvalue weighted by atomic mass is 16.5. The number of carbonyl (C=O) groups is 1. The van der Waals surface area contributed by atoms with Crippen LogP contribution in [0.4, 0.5) is 0 Å². The van der Waals surface area contributed by atoms with Crippen LogP contribution in [0.2, 0.25) is 0 Å². The maximum absolute atomic E-state index is 11.5. The molecular formula is C15H23NO3. The van der Waals surface area contributed by atoms with Crippen molar-refractivity contribution in [3.8, 4) is 5.75 Å². The Balaban J connectivity index is 2.77. The van der Waals surface area contributed by atoms with E-state index in [9.17, 15) is 4.79 Å². The number of esters is 1. The van der Waals surface area contributed by atoms with Crippen molar-refractivity contribution in [2.75, 3.05) is 13.7 Å². The first-order valence-electron chi connectivity index (χ1n) is 6.27. The van der Waals surface area contributed by atoms with Crippen LogP contribution < -0.4 is 10.5 Å². The van der Waals surface area contributed by atoms with Gasteiger partial charge in [0.15, 0.2) is 0 Å². The van der Waals surface area contributed by atoms with Gasteiger partial charge in [-0.1, -0.05) is 32.9 Å². The number of hydrogen-bond donors (Lipinski definition) is 1. The molecule has 4 nitrogen and oxygen atoms in total. The zero-order chi connectivity index (χ0) is 14.7. The van der Waals surface area contributed by atoms with Crippen molar-refractivity contribution in [3.05, 3.63) is 29.8 Å². The number of methoxy groups -OCH3 is 1. The quantitative estimate of drug-likeness (QED) is 0.848. The second kappa shape index (κ2) is 5.61. The smallest absolute Gasteiger partial charge is 0.329 e. The fourth-order valence-corrected chi connectivity index (χ4v) is 1.58. The minimum atomic E-state index is -1.15. The molecule has 1 unspecified atom stereocenters. The first kappa shape index (κ1) is 15.5. The van der Waals surface area contributed by atoms with Crippen molar-refractivity contribution in [1.29, 1.82) is 0 Å². The van der Waals surface area contributed by atoms with E-state index in [0.29, 0.717) is 5.75 Å². The topological polar surface area (TPSA) is 61.5 Å². The van der Waals surface area contributed by atoms with Gasteiger partial charge in [-0.3, -0.25) is 0 Å². The maximum Gasteiger partial charge on any atom is 0.329 e. The number of benzene rings is 1. The SMILES string of the molecule is COC(=O)C(C)(N)COc1cccc(C(C)(C)C)c1. The van der Waals surface area contributed by atoms with Gasteiger partial charge >= 0.3 is 5.97 Å². The number of rotatable bonds is 4. The molecule has 1 aromatic rings. The average molecular weight is 265 g/mol. The molecule has 0 aliphatic heterocycles. The number of ether oxygens (including phenoxy) is 2. The summed E-state index contributed by atoms with van der Waals surface area (Å²) in [7, 11) is 1.31. The van der Waals surface area contributed by atoms with Gasteiger partial charge in [-0.25, -0.2) is 4.79 Å². The Morgan fingerprint density at radius 2 is 1.89 bits per heavy atom. The average Bonchev–Trinajstić information content (AvgIpc) is 2.35. The van der Waals surface area contributed by atoms with E-state index in [-0.39, 0.29) is 12.0 Å². The fourth-order valence-electron chi connectivity index (χ4n) is 1.58. The molecule has 0 aliphatic carbocycles. The minimum absolute atomic E-state index is 0.0493. The van der Waals surface area contributed by atoms with Gasteiger partial charge in [0.25, 0.3) is 0 Å². The lowest BCUT2D eigenvalue weighted by Crippen LogP contribution is -2.50. The Morgan fingerprint density at radius 1 is 1.26 bits per heavy atom. The van der Waals surface area contributed by atoms with Crippen LogP contribution in [0, 0.1) is 0 Å². The molecular weight excluding hydrogens is 242 g/mol. The van der Waals surface area contributed by atoms with Crippen LogP contribution >= 0.6 is 0 Å². The van der Waals surface area contributed by atoms with Crippen LogP contribution in [0.25, 0.3) is 0 Å². The Bertz CT molecular complexity index is 447. The summed E-state index contributed by atoms with van der Waals surface area (Å²) in [6, 6.07) is 7.80. The summed E-state index contributed by atoms with van der Waals surface area (Å²) in [4.78, 5) is 11.5. The van der Waals surface area contributed by atoms with Crippen LogP contribution in [0.15, 0.2) is 24.3 Å². The number of nitrogens with two attached hydrogens (primary N) is 1. The molecule has 0 radical (unpaired) electrons. The first-order valence-corrected chi connectivity index (χ1v) is 6.27. The second-order valence-electron chi connectivity index (χ2n) is 5.98. The van der Waals surface area contributed by atoms with Gasteiger partial charge in [0.1, 0.15) is 17.9 Å². The molecule has 1 rings (SSSR count). The summed E-state index contributed by atoms with van der Waals surface area (Å²) in [6.07, 6.45) is 0. The van der Waals surface area contributed by atoms with Crippen LogP contribution in [0.3, 0.4) is 0 Å². The molecule has 0 saturated heterocycles. The van der Waals surface area contributed by atoms with Gasteiger partial charge in [0.05, 0.1) is 7.11 Å². The minimum Gasteiger partial charge on any atom is -0.491 e. The van der Waals surface area contributed by atoms with Gasteiger partial charge in [-0.2, -0.15) is 0 Å². The van der Waals surface area contributed by atoms with Crippen LogP contribution in [-0.4, -0.2) is 25.2 Å². The summed E-state index contributed by atoms with van der Waals surface area (Å²) in [5.41, 5.74) is 5.91. The lowest BCUT2D eigenvalue weighted by Gasteiger charge is -2.23. The first-order chi connectivity index (χ1) is 8.66. The molecule has 0 heterocycles. The molecule has 2 N–H and O–H groups in total. The van der Waals surface area contributed by atoms with E-state index in [0.717, 1.165) is 0 Å². The van der Waals surface area contributed by atoms with Gasteiger partial charge in [-0.05, 0) is 30.0 Å². The van der Waals surface area contributed by atoms with Crippen LogP contribution in [0.1, 0.15) is 33.3 Å². The lowest BCUT2D eigenvalue weighted by atomic mass is 9.87. The standard InChI is InChI=1S/C15H23NO3/c1-14(2,3)11-7-6-8-12(9-11)19-10-15(4,16)13(17)18-5/h6-9H,10,16H2,1-5H3. The Kier molecular flexibility index (Phi) is 4.58. The predicted molar refractivity (Wildman–Crippen MR) is 75.2 cm³/mol. The molecule has 0 aliphatic rings. The molecule has 106 valence electrons. The van der Waals surface area contributed by atoms with Crippen molar-refractivity contribution in [3.63, 3.8) is 0 Å².